The molecule has 1 aromatic carbocycles. The maximum Gasteiger partial charge on any atom is 0.275 e. The number of hydrogen-bond donors (Lipinski definition) is 3. The molecule has 1 amide bonds. The average molecular weight is 294 g/mol. The SMILES string of the molecule is Cc1nc(C(=O)Nc2cccc(F)c2C(N)=NO)cs1. The number of anilines is 1. The van der Waals surface area contributed by atoms with Gasteiger partial charge >= 0.3 is 0 Å². The number of thiazole rings is 1. The van der Waals surface area contributed by atoms with Gasteiger partial charge in [-0.05, 0) is 19.1 Å². The Morgan fingerprint density at radius 2 is 2.30 bits per heavy atom. The molecule has 0 atom stereocenters. The molecule has 6 nitrogen and oxygen atoms in total. The summed E-state index contributed by atoms with van der Waals surface area (Å²) in [5.74, 6) is -1.62. The number of carbonyl (C=O) groups is 1. The van der Waals surface area contributed by atoms with Crippen LogP contribution in [0, 0.1) is 12.7 Å². The molecule has 0 saturated heterocycles. The summed E-state index contributed by atoms with van der Waals surface area (Å²) < 4.78 is 13.7. The number of halogens is 1. The van der Waals surface area contributed by atoms with Crippen LogP contribution in [0.1, 0.15) is 21.1 Å². The van der Waals surface area contributed by atoms with E-state index in [9.17, 15) is 9.18 Å². The van der Waals surface area contributed by atoms with Crippen molar-refractivity contribution in [3.8, 4) is 0 Å². The van der Waals surface area contributed by atoms with Gasteiger partial charge in [0.05, 0.1) is 16.3 Å². The summed E-state index contributed by atoms with van der Waals surface area (Å²) in [6.07, 6.45) is 0. The van der Waals surface area contributed by atoms with Gasteiger partial charge in [-0.2, -0.15) is 0 Å². The molecule has 0 bridgehead atoms. The lowest BCUT2D eigenvalue weighted by Crippen LogP contribution is -2.20. The first-order valence-corrected chi connectivity index (χ1v) is 6.40. The van der Waals surface area contributed by atoms with Crippen LogP contribution < -0.4 is 11.1 Å². The Morgan fingerprint density at radius 3 is 2.90 bits per heavy atom. The molecule has 0 aliphatic rings. The average Bonchev–Trinajstić information content (AvgIpc) is 2.85. The summed E-state index contributed by atoms with van der Waals surface area (Å²) in [5, 5.41) is 16.2. The summed E-state index contributed by atoms with van der Waals surface area (Å²) in [5.41, 5.74) is 5.57. The van der Waals surface area contributed by atoms with Crippen molar-refractivity contribution in [2.75, 3.05) is 5.32 Å². The van der Waals surface area contributed by atoms with Crippen LogP contribution in [0.25, 0.3) is 0 Å². The van der Waals surface area contributed by atoms with Crippen molar-refractivity contribution >= 4 is 28.8 Å². The summed E-state index contributed by atoms with van der Waals surface area (Å²) in [6, 6.07) is 4.01. The lowest BCUT2D eigenvalue weighted by molar-refractivity contribution is 0.102. The van der Waals surface area contributed by atoms with Gasteiger partial charge in [-0.3, -0.25) is 4.79 Å². The summed E-state index contributed by atoms with van der Waals surface area (Å²) in [7, 11) is 0. The number of nitrogens with two attached hydrogens (primary N) is 1. The van der Waals surface area contributed by atoms with Gasteiger partial charge < -0.3 is 16.3 Å². The van der Waals surface area contributed by atoms with E-state index in [0.717, 1.165) is 11.1 Å². The first-order valence-electron chi connectivity index (χ1n) is 5.53. The van der Waals surface area contributed by atoms with Crippen molar-refractivity contribution in [2.45, 2.75) is 6.92 Å². The Bertz CT molecular complexity index is 684. The third-order valence-electron chi connectivity index (χ3n) is 2.48. The fourth-order valence-corrected chi connectivity index (χ4v) is 2.19. The van der Waals surface area contributed by atoms with E-state index in [1.165, 1.54) is 23.5 Å². The second-order valence-electron chi connectivity index (χ2n) is 3.85. The topological polar surface area (TPSA) is 101 Å². The minimum atomic E-state index is -0.701. The third kappa shape index (κ3) is 2.75. The fraction of sp³-hybridized carbons (Fsp3) is 0.0833. The molecule has 2 rings (SSSR count). The Hall–Kier alpha value is -2.48. The zero-order valence-electron chi connectivity index (χ0n) is 10.4. The van der Waals surface area contributed by atoms with E-state index in [2.05, 4.69) is 15.5 Å². The molecule has 8 heteroatoms. The third-order valence-corrected chi connectivity index (χ3v) is 3.25. The summed E-state index contributed by atoms with van der Waals surface area (Å²) in [4.78, 5) is 16.0. The summed E-state index contributed by atoms with van der Waals surface area (Å²) >= 11 is 1.33. The number of amides is 1. The van der Waals surface area contributed by atoms with Gasteiger partial charge in [0.25, 0.3) is 5.91 Å². The Morgan fingerprint density at radius 1 is 1.55 bits per heavy atom. The molecule has 0 spiro atoms. The van der Waals surface area contributed by atoms with E-state index in [1.54, 1.807) is 12.3 Å². The molecule has 0 radical (unpaired) electrons. The zero-order valence-corrected chi connectivity index (χ0v) is 11.2. The van der Waals surface area contributed by atoms with Crippen LogP contribution >= 0.6 is 11.3 Å². The molecular weight excluding hydrogens is 283 g/mol. The minimum absolute atomic E-state index is 0.107. The predicted molar refractivity (Wildman–Crippen MR) is 73.7 cm³/mol. The van der Waals surface area contributed by atoms with Gasteiger partial charge in [-0.15, -0.1) is 11.3 Å². The molecule has 0 aliphatic heterocycles. The van der Waals surface area contributed by atoms with Gasteiger partial charge in [-0.1, -0.05) is 11.2 Å². The molecule has 104 valence electrons. The smallest absolute Gasteiger partial charge is 0.275 e. The Balaban J connectivity index is 2.34. The van der Waals surface area contributed by atoms with Crippen LogP contribution in [0.15, 0.2) is 28.7 Å². The highest BCUT2D eigenvalue weighted by molar-refractivity contribution is 7.09. The Kier molecular flexibility index (Phi) is 3.94. The number of benzene rings is 1. The lowest BCUT2D eigenvalue weighted by Gasteiger charge is -2.09. The molecule has 0 saturated carbocycles. The number of hydrogen-bond acceptors (Lipinski definition) is 5. The molecule has 1 heterocycles. The van der Waals surface area contributed by atoms with Crippen molar-refractivity contribution in [2.24, 2.45) is 10.9 Å². The largest absolute Gasteiger partial charge is 0.409 e. The van der Waals surface area contributed by atoms with Crippen LogP contribution in [0.3, 0.4) is 0 Å². The maximum atomic E-state index is 13.7. The number of nitrogens with one attached hydrogen (secondary N) is 1. The molecule has 1 aromatic heterocycles. The van der Waals surface area contributed by atoms with E-state index in [-0.39, 0.29) is 16.9 Å². The number of nitrogens with zero attached hydrogens (tertiary/aromatic N) is 2. The van der Waals surface area contributed by atoms with Crippen molar-refractivity contribution in [3.63, 3.8) is 0 Å². The highest BCUT2D eigenvalue weighted by Crippen LogP contribution is 2.20. The van der Waals surface area contributed by atoms with Gasteiger partial charge in [0.2, 0.25) is 0 Å². The zero-order chi connectivity index (χ0) is 14.7. The normalized spacial score (nSPS) is 11.4. The Labute approximate surface area is 117 Å². The van der Waals surface area contributed by atoms with Crippen LogP contribution in [0.4, 0.5) is 10.1 Å². The first-order chi connectivity index (χ1) is 9.52. The van der Waals surface area contributed by atoms with E-state index < -0.39 is 17.6 Å². The van der Waals surface area contributed by atoms with Crippen molar-refractivity contribution in [1.29, 1.82) is 0 Å². The van der Waals surface area contributed by atoms with Gasteiger partial charge in [0.15, 0.2) is 5.84 Å². The number of aryl methyl sites for hydroxylation is 1. The molecule has 0 unspecified atom stereocenters. The van der Waals surface area contributed by atoms with Gasteiger partial charge in [-0.25, -0.2) is 9.37 Å². The second kappa shape index (κ2) is 5.66. The van der Waals surface area contributed by atoms with E-state index >= 15 is 0 Å². The second-order valence-corrected chi connectivity index (χ2v) is 4.92. The van der Waals surface area contributed by atoms with Crippen LogP contribution in [0.5, 0.6) is 0 Å². The molecule has 0 fully saturated rings. The molecule has 0 aliphatic carbocycles. The van der Waals surface area contributed by atoms with Crippen molar-refractivity contribution in [1.82, 2.24) is 4.98 Å². The predicted octanol–water partition coefficient (Wildman–Crippen LogP) is 1.94. The molecule has 4 N–H and O–H groups in total. The maximum absolute atomic E-state index is 13.7. The fourth-order valence-electron chi connectivity index (χ4n) is 1.59. The van der Waals surface area contributed by atoms with Crippen molar-refractivity contribution in [3.05, 3.63) is 45.7 Å². The summed E-state index contributed by atoms with van der Waals surface area (Å²) in [6.45, 7) is 1.77. The number of carbonyl (C=O) groups excluding carboxylic acids is 1. The number of amidine groups is 1. The number of aromatic nitrogens is 1. The molecule has 20 heavy (non-hydrogen) atoms. The van der Waals surface area contributed by atoms with Crippen LogP contribution in [0.2, 0.25) is 0 Å². The van der Waals surface area contributed by atoms with Gasteiger partial charge in [0.1, 0.15) is 11.5 Å². The highest BCUT2D eigenvalue weighted by atomic mass is 32.1. The first kappa shape index (κ1) is 13.9. The van der Waals surface area contributed by atoms with E-state index in [0.29, 0.717) is 0 Å². The van der Waals surface area contributed by atoms with Gasteiger partial charge in [0, 0.05) is 5.38 Å². The number of oxime groups is 1. The lowest BCUT2D eigenvalue weighted by atomic mass is 10.1. The minimum Gasteiger partial charge on any atom is -0.409 e. The molecule has 2 aromatic rings. The highest BCUT2D eigenvalue weighted by Gasteiger charge is 2.16. The van der Waals surface area contributed by atoms with Crippen LogP contribution in [-0.4, -0.2) is 21.9 Å². The van der Waals surface area contributed by atoms with E-state index in [4.69, 9.17) is 10.9 Å². The monoisotopic (exact) mass is 294 g/mol. The van der Waals surface area contributed by atoms with E-state index in [1.807, 2.05) is 0 Å². The van der Waals surface area contributed by atoms with Crippen molar-refractivity contribution < 1.29 is 14.4 Å². The molecular formula is C12H11FN4O2S. The van der Waals surface area contributed by atoms with Crippen LogP contribution in [-0.2, 0) is 0 Å². The quantitative estimate of drug-likeness (QED) is 0.348. The number of rotatable bonds is 3. The standard InChI is InChI=1S/C12H11FN4O2S/c1-6-15-9(5-20-6)12(18)16-8-4-2-3-7(13)10(8)11(14)17-19/h2-5,19H,1H3,(H2,14,17)(H,16,18).